The molecule has 1 aliphatic rings. The molecule has 0 aromatic heterocycles. The highest BCUT2D eigenvalue weighted by molar-refractivity contribution is 5.44. The number of ether oxygens (including phenoxy) is 2. The smallest absolute Gasteiger partial charge is 0.161 e. The molecule has 0 N–H and O–H groups in total. The quantitative estimate of drug-likeness (QED) is 0.591. The lowest BCUT2D eigenvalue weighted by Crippen LogP contribution is -2.24. The first kappa shape index (κ1) is 14.6. The van der Waals surface area contributed by atoms with Crippen LogP contribution in [-0.2, 0) is 15.4 Å². The molecule has 1 saturated heterocycles. The highest BCUT2D eigenvalue weighted by Crippen LogP contribution is 2.42. The number of methoxy groups -OCH3 is 2. The Morgan fingerprint density at radius 3 is 2.70 bits per heavy atom. The molecule has 0 amide bonds. The summed E-state index contributed by atoms with van der Waals surface area (Å²) in [6.45, 7) is 0.556. The molecule has 20 heavy (non-hydrogen) atoms. The first-order valence-electron chi connectivity index (χ1n) is 6.66. The van der Waals surface area contributed by atoms with E-state index in [9.17, 15) is 0 Å². The van der Waals surface area contributed by atoms with Crippen molar-refractivity contribution >= 4 is 0 Å². The number of nitriles is 1. The molecule has 5 heteroatoms. The molecule has 0 bridgehead atoms. The van der Waals surface area contributed by atoms with Gasteiger partial charge in [0.2, 0.25) is 0 Å². The average Bonchev–Trinajstić information content (AvgIpc) is 2.97. The SMILES string of the molecule is COc1ccc(C2(CCCC#N)CCOO2)cc1OC. The number of benzene rings is 1. The van der Waals surface area contributed by atoms with Crippen LogP contribution < -0.4 is 9.47 Å². The van der Waals surface area contributed by atoms with Crippen LogP contribution in [0.25, 0.3) is 0 Å². The van der Waals surface area contributed by atoms with Gasteiger partial charge in [-0.2, -0.15) is 5.26 Å². The van der Waals surface area contributed by atoms with Crippen molar-refractivity contribution < 1.29 is 19.2 Å². The zero-order chi connectivity index (χ0) is 14.4. The Balaban J connectivity index is 2.27. The normalized spacial score (nSPS) is 21.4. The van der Waals surface area contributed by atoms with Crippen molar-refractivity contribution in [1.29, 1.82) is 5.26 Å². The third kappa shape index (κ3) is 2.87. The van der Waals surface area contributed by atoms with Crippen molar-refractivity contribution in [3.8, 4) is 17.6 Å². The van der Waals surface area contributed by atoms with E-state index >= 15 is 0 Å². The second-order valence-corrected chi connectivity index (χ2v) is 4.73. The van der Waals surface area contributed by atoms with Crippen LogP contribution >= 0.6 is 0 Å². The molecule has 108 valence electrons. The summed E-state index contributed by atoms with van der Waals surface area (Å²) in [5.74, 6) is 1.35. The van der Waals surface area contributed by atoms with Gasteiger partial charge in [-0.05, 0) is 30.5 Å². The summed E-state index contributed by atoms with van der Waals surface area (Å²) in [5, 5.41) is 8.69. The fourth-order valence-corrected chi connectivity index (χ4v) is 2.48. The maximum atomic E-state index is 8.69. The summed E-state index contributed by atoms with van der Waals surface area (Å²) >= 11 is 0. The van der Waals surface area contributed by atoms with Crippen molar-refractivity contribution in [3.63, 3.8) is 0 Å². The van der Waals surface area contributed by atoms with Crippen LogP contribution in [0.15, 0.2) is 18.2 Å². The van der Waals surface area contributed by atoms with E-state index in [0.29, 0.717) is 24.5 Å². The predicted molar refractivity (Wildman–Crippen MR) is 72.3 cm³/mol. The molecule has 1 heterocycles. The highest BCUT2D eigenvalue weighted by Gasteiger charge is 2.39. The van der Waals surface area contributed by atoms with Crippen molar-refractivity contribution in [2.24, 2.45) is 0 Å². The van der Waals surface area contributed by atoms with E-state index in [1.54, 1.807) is 14.2 Å². The average molecular weight is 277 g/mol. The minimum absolute atomic E-state index is 0.490. The van der Waals surface area contributed by atoms with Crippen molar-refractivity contribution in [3.05, 3.63) is 23.8 Å². The van der Waals surface area contributed by atoms with E-state index in [0.717, 1.165) is 24.8 Å². The van der Waals surface area contributed by atoms with E-state index in [4.69, 9.17) is 24.5 Å². The second kappa shape index (κ2) is 6.60. The molecule has 1 aromatic rings. The Morgan fingerprint density at radius 2 is 2.10 bits per heavy atom. The van der Waals surface area contributed by atoms with Crippen LogP contribution in [0.1, 0.15) is 31.2 Å². The van der Waals surface area contributed by atoms with Crippen molar-refractivity contribution in [2.45, 2.75) is 31.3 Å². The molecule has 1 aliphatic heterocycles. The fourth-order valence-electron chi connectivity index (χ4n) is 2.48. The Bertz CT molecular complexity index is 489. The van der Waals surface area contributed by atoms with Crippen LogP contribution in [0, 0.1) is 11.3 Å². The Kier molecular flexibility index (Phi) is 4.83. The van der Waals surface area contributed by atoms with Crippen LogP contribution in [0.5, 0.6) is 11.5 Å². The summed E-state index contributed by atoms with van der Waals surface area (Å²) in [4.78, 5) is 10.7. The molecule has 0 aliphatic carbocycles. The van der Waals surface area contributed by atoms with Gasteiger partial charge in [0.25, 0.3) is 0 Å². The summed E-state index contributed by atoms with van der Waals surface area (Å²) in [6.07, 6.45) is 2.80. The number of hydrogen-bond acceptors (Lipinski definition) is 5. The van der Waals surface area contributed by atoms with E-state index in [1.165, 1.54) is 0 Å². The minimum Gasteiger partial charge on any atom is -0.493 e. The fraction of sp³-hybridized carbons (Fsp3) is 0.533. The van der Waals surface area contributed by atoms with Crippen LogP contribution in [0.3, 0.4) is 0 Å². The Labute approximate surface area is 118 Å². The number of rotatable bonds is 6. The van der Waals surface area contributed by atoms with Gasteiger partial charge in [-0.25, -0.2) is 9.78 Å². The van der Waals surface area contributed by atoms with Crippen molar-refractivity contribution in [2.75, 3.05) is 20.8 Å². The van der Waals surface area contributed by atoms with E-state index in [1.807, 2.05) is 18.2 Å². The van der Waals surface area contributed by atoms with Gasteiger partial charge in [0.1, 0.15) is 5.60 Å². The third-order valence-electron chi connectivity index (χ3n) is 3.59. The summed E-state index contributed by atoms with van der Waals surface area (Å²) in [7, 11) is 3.21. The summed E-state index contributed by atoms with van der Waals surface area (Å²) < 4.78 is 10.6. The molecule has 1 aromatic carbocycles. The van der Waals surface area contributed by atoms with E-state index < -0.39 is 5.60 Å². The van der Waals surface area contributed by atoms with Crippen molar-refractivity contribution in [1.82, 2.24) is 0 Å². The maximum Gasteiger partial charge on any atom is 0.161 e. The van der Waals surface area contributed by atoms with Gasteiger partial charge in [-0.1, -0.05) is 6.07 Å². The van der Waals surface area contributed by atoms with Gasteiger partial charge in [0.15, 0.2) is 11.5 Å². The topological polar surface area (TPSA) is 60.7 Å². The molecule has 5 nitrogen and oxygen atoms in total. The Morgan fingerprint density at radius 1 is 1.30 bits per heavy atom. The van der Waals surface area contributed by atoms with Gasteiger partial charge >= 0.3 is 0 Å². The second-order valence-electron chi connectivity index (χ2n) is 4.73. The number of hydrogen-bond donors (Lipinski definition) is 0. The number of nitrogens with zero attached hydrogens (tertiary/aromatic N) is 1. The molecule has 0 radical (unpaired) electrons. The van der Waals surface area contributed by atoms with Gasteiger partial charge < -0.3 is 9.47 Å². The monoisotopic (exact) mass is 277 g/mol. The third-order valence-corrected chi connectivity index (χ3v) is 3.59. The molecule has 0 saturated carbocycles. The highest BCUT2D eigenvalue weighted by atomic mass is 17.2. The molecule has 2 rings (SSSR count). The lowest BCUT2D eigenvalue weighted by Gasteiger charge is -2.26. The summed E-state index contributed by atoms with van der Waals surface area (Å²) in [5.41, 5.74) is 0.502. The van der Waals surface area contributed by atoms with E-state index in [-0.39, 0.29) is 0 Å². The molecule has 0 spiro atoms. The van der Waals surface area contributed by atoms with E-state index in [2.05, 4.69) is 6.07 Å². The van der Waals surface area contributed by atoms with Gasteiger partial charge in [-0.3, -0.25) is 0 Å². The standard InChI is InChI=1S/C15H19NO4/c1-17-13-6-5-12(11-14(13)18-2)15(7-3-4-9-16)8-10-19-20-15/h5-6,11H,3-4,7-8,10H2,1-2H3. The summed E-state index contributed by atoms with van der Waals surface area (Å²) in [6, 6.07) is 7.90. The molecule has 1 unspecified atom stereocenters. The number of unbranched alkanes of at least 4 members (excludes halogenated alkanes) is 1. The molecular formula is C15H19NO4. The van der Waals surface area contributed by atoms with Crippen LogP contribution in [-0.4, -0.2) is 20.8 Å². The maximum absolute atomic E-state index is 8.69. The Hall–Kier alpha value is -1.77. The van der Waals surface area contributed by atoms with Gasteiger partial charge in [0.05, 0.1) is 26.9 Å². The zero-order valence-electron chi connectivity index (χ0n) is 11.8. The molecular weight excluding hydrogens is 258 g/mol. The minimum atomic E-state index is -0.490. The zero-order valence-corrected chi connectivity index (χ0v) is 11.8. The molecule has 1 atom stereocenters. The predicted octanol–water partition coefficient (Wildman–Crippen LogP) is 2.94. The first-order chi connectivity index (χ1) is 9.75. The largest absolute Gasteiger partial charge is 0.493 e. The first-order valence-corrected chi connectivity index (χ1v) is 6.66. The molecule has 1 fully saturated rings. The lowest BCUT2D eigenvalue weighted by molar-refractivity contribution is -0.315. The van der Waals surface area contributed by atoms with Gasteiger partial charge in [-0.15, -0.1) is 0 Å². The van der Waals surface area contributed by atoms with Crippen LogP contribution in [0.2, 0.25) is 0 Å². The van der Waals surface area contributed by atoms with Gasteiger partial charge in [0, 0.05) is 12.8 Å². The van der Waals surface area contributed by atoms with Crippen LogP contribution in [0.4, 0.5) is 0 Å². The lowest BCUT2D eigenvalue weighted by atomic mass is 9.86.